The van der Waals surface area contributed by atoms with Gasteiger partial charge in [-0.05, 0) is 30.7 Å². The van der Waals surface area contributed by atoms with E-state index in [1.807, 2.05) is 0 Å². The predicted octanol–water partition coefficient (Wildman–Crippen LogP) is 2.56. The molecule has 1 saturated heterocycles. The van der Waals surface area contributed by atoms with Gasteiger partial charge in [-0.2, -0.15) is 5.10 Å². The minimum absolute atomic E-state index is 0.0774. The molecule has 2 aromatic heterocycles. The van der Waals surface area contributed by atoms with Crippen LogP contribution in [0.5, 0.6) is 0 Å². The number of H-pyrrole nitrogens is 1. The molecule has 1 aromatic carbocycles. The zero-order chi connectivity index (χ0) is 17.2. The Morgan fingerprint density at radius 2 is 2.16 bits per heavy atom. The number of nitrogens with zero attached hydrogens (tertiary/aromatic N) is 4. The molecule has 0 amide bonds. The topological polar surface area (TPSA) is 80.1 Å². The van der Waals surface area contributed by atoms with Crippen LogP contribution in [0.4, 0.5) is 4.39 Å². The van der Waals surface area contributed by atoms with Crippen molar-refractivity contribution in [2.45, 2.75) is 25.1 Å². The summed E-state index contributed by atoms with van der Waals surface area (Å²) in [7, 11) is 1.71. The number of rotatable bonds is 5. The van der Waals surface area contributed by atoms with Gasteiger partial charge in [0, 0.05) is 19.2 Å². The third-order valence-electron chi connectivity index (χ3n) is 4.47. The number of hydrogen-bond acceptors (Lipinski definition) is 6. The van der Waals surface area contributed by atoms with E-state index in [1.54, 1.807) is 25.4 Å². The Morgan fingerprint density at radius 1 is 1.32 bits per heavy atom. The van der Waals surface area contributed by atoms with Crippen molar-refractivity contribution in [1.82, 2.24) is 25.1 Å². The quantitative estimate of drug-likeness (QED) is 0.767. The molecule has 0 spiro atoms. The highest BCUT2D eigenvalue weighted by Crippen LogP contribution is 2.33. The number of halogens is 1. The van der Waals surface area contributed by atoms with E-state index in [4.69, 9.17) is 9.15 Å². The van der Waals surface area contributed by atoms with Gasteiger partial charge in [0.2, 0.25) is 5.89 Å². The average Bonchev–Trinajstić information content (AvgIpc) is 3.36. The summed E-state index contributed by atoms with van der Waals surface area (Å²) < 4.78 is 24.4. The van der Waals surface area contributed by atoms with E-state index in [1.165, 1.54) is 18.5 Å². The summed E-state index contributed by atoms with van der Waals surface area (Å²) in [4.78, 5) is 10.8. The van der Waals surface area contributed by atoms with E-state index < -0.39 is 0 Å². The van der Waals surface area contributed by atoms with Crippen LogP contribution in [0.1, 0.15) is 24.2 Å². The van der Waals surface area contributed by atoms with Crippen molar-refractivity contribution in [3.8, 4) is 11.3 Å². The van der Waals surface area contributed by atoms with Crippen LogP contribution < -0.4 is 0 Å². The van der Waals surface area contributed by atoms with Crippen LogP contribution in [-0.2, 0) is 11.3 Å². The van der Waals surface area contributed by atoms with Crippen LogP contribution in [-0.4, -0.2) is 44.8 Å². The van der Waals surface area contributed by atoms with Crippen molar-refractivity contribution in [2.75, 3.05) is 13.7 Å². The van der Waals surface area contributed by atoms with Crippen molar-refractivity contribution in [3.63, 3.8) is 0 Å². The van der Waals surface area contributed by atoms with Crippen molar-refractivity contribution >= 4 is 0 Å². The summed E-state index contributed by atoms with van der Waals surface area (Å²) in [5.74, 6) is 1.75. The average molecular weight is 343 g/mol. The fraction of sp³-hybridized carbons (Fsp3) is 0.353. The van der Waals surface area contributed by atoms with Gasteiger partial charge in [-0.25, -0.2) is 14.4 Å². The highest BCUT2D eigenvalue weighted by molar-refractivity contribution is 5.55. The molecule has 1 N–H and O–H groups in total. The number of oxazole rings is 1. The lowest BCUT2D eigenvalue weighted by Crippen LogP contribution is -2.25. The molecule has 0 radical (unpaired) electrons. The lowest BCUT2D eigenvalue weighted by molar-refractivity contribution is 0.106. The van der Waals surface area contributed by atoms with Crippen molar-refractivity contribution in [1.29, 1.82) is 0 Å². The van der Waals surface area contributed by atoms with Crippen molar-refractivity contribution < 1.29 is 13.5 Å². The number of hydrogen-bond donors (Lipinski definition) is 1. The van der Waals surface area contributed by atoms with Gasteiger partial charge in [-0.3, -0.25) is 10.00 Å². The zero-order valence-corrected chi connectivity index (χ0v) is 13.7. The first-order valence-corrected chi connectivity index (χ1v) is 8.05. The maximum Gasteiger partial charge on any atom is 0.209 e. The number of nitrogens with one attached hydrogen (secondary N) is 1. The highest BCUT2D eigenvalue weighted by Gasteiger charge is 2.35. The smallest absolute Gasteiger partial charge is 0.209 e. The first-order valence-electron chi connectivity index (χ1n) is 8.05. The summed E-state index contributed by atoms with van der Waals surface area (Å²) >= 11 is 0. The maximum atomic E-state index is 13.0. The van der Waals surface area contributed by atoms with Gasteiger partial charge in [0.15, 0.2) is 5.76 Å². The Morgan fingerprint density at radius 3 is 2.88 bits per heavy atom. The van der Waals surface area contributed by atoms with Gasteiger partial charge in [0.1, 0.15) is 18.0 Å². The maximum absolute atomic E-state index is 13.0. The fourth-order valence-corrected chi connectivity index (χ4v) is 3.17. The first-order chi connectivity index (χ1) is 12.2. The Bertz CT molecular complexity index is 818. The van der Waals surface area contributed by atoms with E-state index >= 15 is 0 Å². The number of benzene rings is 1. The van der Waals surface area contributed by atoms with E-state index in [0.717, 1.165) is 24.4 Å². The number of aromatic nitrogens is 4. The molecule has 7 nitrogen and oxygen atoms in total. The Kier molecular flexibility index (Phi) is 4.29. The van der Waals surface area contributed by atoms with Gasteiger partial charge < -0.3 is 9.15 Å². The monoisotopic (exact) mass is 343 g/mol. The molecule has 0 unspecified atom stereocenters. The van der Waals surface area contributed by atoms with Gasteiger partial charge in [-0.1, -0.05) is 0 Å². The first kappa shape index (κ1) is 15.9. The molecule has 1 aliphatic rings. The normalized spacial score (nSPS) is 21.0. The molecule has 8 heteroatoms. The lowest BCUT2D eigenvalue weighted by atomic mass is 10.2. The lowest BCUT2D eigenvalue weighted by Gasteiger charge is -2.20. The van der Waals surface area contributed by atoms with Crippen LogP contribution in [0.3, 0.4) is 0 Å². The predicted molar refractivity (Wildman–Crippen MR) is 86.8 cm³/mol. The van der Waals surface area contributed by atoms with Gasteiger partial charge >= 0.3 is 0 Å². The van der Waals surface area contributed by atoms with Gasteiger partial charge in [0.05, 0.1) is 24.9 Å². The van der Waals surface area contributed by atoms with Crippen LogP contribution in [0, 0.1) is 5.82 Å². The van der Waals surface area contributed by atoms with E-state index in [-0.39, 0.29) is 18.0 Å². The van der Waals surface area contributed by atoms with Crippen molar-refractivity contribution in [2.24, 2.45) is 0 Å². The molecule has 25 heavy (non-hydrogen) atoms. The second-order valence-electron chi connectivity index (χ2n) is 6.03. The molecule has 2 atom stereocenters. The Balaban J connectivity index is 1.52. The second kappa shape index (κ2) is 6.73. The standard InChI is InChI=1S/C17H18FN5O2/c1-24-13-6-14(17-20-10-21-22-17)23(8-13)9-16-19-7-15(25-16)11-2-4-12(18)5-3-11/h2-5,7,10,13-14H,6,8-9H2,1H3,(H,20,21,22)/t13-,14+/m1/s1. The van der Waals surface area contributed by atoms with Gasteiger partial charge in [-0.15, -0.1) is 0 Å². The number of ether oxygens (including phenoxy) is 1. The van der Waals surface area contributed by atoms with Crippen molar-refractivity contribution in [3.05, 3.63) is 54.3 Å². The van der Waals surface area contributed by atoms with Crippen LogP contribution in [0.25, 0.3) is 11.3 Å². The number of aromatic amines is 1. The Hall–Kier alpha value is -2.58. The number of likely N-dealkylation sites (tertiary alicyclic amines) is 1. The fourth-order valence-electron chi connectivity index (χ4n) is 3.17. The minimum Gasteiger partial charge on any atom is -0.439 e. The summed E-state index contributed by atoms with van der Waals surface area (Å²) in [5.41, 5.74) is 0.795. The molecule has 0 saturated carbocycles. The molecule has 130 valence electrons. The summed E-state index contributed by atoms with van der Waals surface area (Å²) in [6.07, 6.45) is 4.13. The summed E-state index contributed by atoms with van der Waals surface area (Å²) in [6, 6.07) is 6.23. The van der Waals surface area contributed by atoms with E-state index in [0.29, 0.717) is 18.2 Å². The molecule has 1 aliphatic heterocycles. The molecule has 3 aromatic rings. The second-order valence-corrected chi connectivity index (χ2v) is 6.03. The molecule has 3 heterocycles. The minimum atomic E-state index is -0.277. The third-order valence-corrected chi connectivity index (χ3v) is 4.47. The Labute approximate surface area is 143 Å². The SMILES string of the molecule is CO[C@@H]1C[C@@H](c2ncn[nH]2)N(Cc2ncc(-c3ccc(F)cc3)o2)C1. The van der Waals surface area contributed by atoms with Crippen LogP contribution in [0.2, 0.25) is 0 Å². The third kappa shape index (κ3) is 3.31. The molecular formula is C17H18FN5O2. The van der Waals surface area contributed by atoms with E-state index in [2.05, 4.69) is 25.1 Å². The van der Waals surface area contributed by atoms with Crippen LogP contribution in [0.15, 0.2) is 41.2 Å². The van der Waals surface area contributed by atoms with Crippen LogP contribution >= 0.6 is 0 Å². The molecule has 0 aliphatic carbocycles. The molecule has 4 rings (SSSR count). The molecule has 0 bridgehead atoms. The number of methoxy groups -OCH3 is 1. The summed E-state index contributed by atoms with van der Waals surface area (Å²) in [6.45, 7) is 1.29. The zero-order valence-electron chi connectivity index (χ0n) is 13.7. The largest absolute Gasteiger partial charge is 0.439 e. The summed E-state index contributed by atoms with van der Waals surface area (Å²) in [5, 5.41) is 6.87. The van der Waals surface area contributed by atoms with Gasteiger partial charge in [0.25, 0.3) is 0 Å². The highest BCUT2D eigenvalue weighted by atomic mass is 19.1. The molecule has 1 fully saturated rings. The molecular weight excluding hydrogens is 325 g/mol. The van der Waals surface area contributed by atoms with E-state index in [9.17, 15) is 4.39 Å².